The normalized spacial score (nSPS) is 10.3. The van der Waals surface area contributed by atoms with Gasteiger partial charge in [-0.2, -0.15) is 0 Å². The lowest BCUT2D eigenvalue weighted by Crippen LogP contribution is -2.14. The van der Waals surface area contributed by atoms with E-state index < -0.39 is 0 Å². The zero-order valence-corrected chi connectivity index (χ0v) is 12.4. The molecule has 0 aliphatic carbocycles. The molecule has 1 rings (SSSR count). The topological polar surface area (TPSA) is 39.7 Å². The molecular weight excluding hydrogens is 242 g/mol. The Balaban J connectivity index is 2.56. The smallest absolute Gasteiger partial charge is 0.203 e. The van der Waals surface area contributed by atoms with Crippen LogP contribution in [0.4, 0.5) is 0 Å². The molecule has 0 radical (unpaired) electrons. The molecule has 1 N–H and O–H groups in total. The summed E-state index contributed by atoms with van der Waals surface area (Å²) in [5, 5.41) is 3.29. The van der Waals surface area contributed by atoms with Gasteiger partial charge < -0.3 is 19.5 Å². The van der Waals surface area contributed by atoms with Crippen LogP contribution < -0.4 is 19.5 Å². The van der Waals surface area contributed by atoms with E-state index in [1.165, 1.54) is 0 Å². The fraction of sp³-hybridized carbons (Fsp3) is 0.600. The van der Waals surface area contributed by atoms with E-state index in [4.69, 9.17) is 14.2 Å². The van der Waals surface area contributed by atoms with E-state index in [9.17, 15) is 0 Å². The average molecular weight is 267 g/mol. The predicted molar refractivity (Wildman–Crippen MR) is 77.6 cm³/mol. The Hall–Kier alpha value is -1.42. The Bertz CT molecular complexity index is 355. The number of methoxy groups -OCH3 is 2. The summed E-state index contributed by atoms with van der Waals surface area (Å²) in [5.41, 5.74) is 1.09. The van der Waals surface area contributed by atoms with E-state index >= 15 is 0 Å². The Labute approximate surface area is 116 Å². The summed E-state index contributed by atoms with van der Waals surface area (Å²) in [7, 11) is 3.29. The van der Waals surface area contributed by atoms with Gasteiger partial charge in [0.15, 0.2) is 11.5 Å². The van der Waals surface area contributed by atoms with Gasteiger partial charge >= 0.3 is 0 Å². The molecule has 0 amide bonds. The van der Waals surface area contributed by atoms with Crippen LogP contribution in [-0.4, -0.2) is 33.9 Å². The molecule has 0 heterocycles. The fourth-order valence-electron chi connectivity index (χ4n) is 1.86. The molecule has 0 bridgehead atoms. The monoisotopic (exact) mass is 267 g/mol. The molecule has 0 aromatic heterocycles. The Morgan fingerprint density at radius 2 is 1.68 bits per heavy atom. The maximum atomic E-state index is 5.81. The minimum atomic E-state index is 0.668. The van der Waals surface area contributed by atoms with Crippen molar-refractivity contribution in [2.24, 2.45) is 0 Å². The summed E-state index contributed by atoms with van der Waals surface area (Å²) in [6.07, 6.45) is 2.11. The lowest BCUT2D eigenvalue weighted by molar-refractivity contribution is 0.268. The van der Waals surface area contributed by atoms with E-state index in [2.05, 4.69) is 12.2 Å². The number of hydrogen-bond donors (Lipinski definition) is 1. The molecule has 0 spiro atoms. The van der Waals surface area contributed by atoms with Crippen molar-refractivity contribution in [2.45, 2.75) is 26.7 Å². The van der Waals surface area contributed by atoms with Crippen LogP contribution in [0.5, 0.6) is 17.2 Å². The van der Waals surface area contributed by atoms with Gasteiger partial charge in [0, 0.05) is 0 Å². The first-order valence-corrected chi connectivity index (χ1v) is 6.79. The van der Waals surface area contributed by atoms with Crippen molar-refractivity contribution in [3.05, 3.63) is 17.7 Å². The lowest BCUT2D eigenvalue weighted by atomic mass is 10.2. The first-order chi connectivity index (χ1) is 9.22. The summed E-state index contributed by atoms with van der Waals surface area (Å²) in [4.78, 5) is 0. The Morgan fingerprint density at radius 1 is 1.05 bits per heavy atom. The van der Waals surface area contributed by atoms with Crippen LogP contribution in [0.1, 0.15) is 25.3 Å². The van der Waals surface area contributed by atoms with Crippen molar-refractivity contribution in [3.63, 3.8) is 0 Å². The van der Waals surface area contributed by atoms with Crippen LogP contribution in [0.2, 0.25) is 0 Å². The second kappa shape index (κ2) is 8.64. The first kappa shape index (κ1) is 15.6. The number of nitrogens with one attached hydrogen (secondary N) is 1. The lowest BCUT2D eigenvalue weighted by Gasteiger charge is -2.15. The maximum Gasteiger partial charge on any atom is 0.203 e. The highest BCUT2D eigenvalue weighted by Crippen LogP contribution is 2.38. The second-order valence-corrected chi connectivity index (χ2v) is 4.41. The van der Waals surface area contributed by atoms with Crippen molar-refractivity contribution in [1.82, 2.24) is 5.32 Å². The molecule has 0 atom stereocenters. The number of benzene rings is 1. The van der Waals surface area contributed by atoms with E-state index in [-0.39, 0.29) is 0 Å². The van der Waals surface area contributed by atoms with Crippen LogP contribution >= 0.6 is 0 Å². The van der Waals surface area contributed by atoms with Crippen LogP contribution in [0.25, 0.3) is 0 Å². The SMILES string of the molecule is CCNCCCCOc1c(OC)cc(C)cc1OC. The zero-order chi connectivity index (χ0) is 14.1. The largest absolute Gasteiger partial charge is 0.493 e. The van der Waals surface area contributed by atoms with Gasteiger partial charge in [-0.1, -0.05) is 6.92 Å². The molecular formula is C15H25NO3. The van der Waals surface area contributed by atoms with Crippen LogP contribution in [-0.2, 0) is 0 Å². The van der Waals surface area contributed by atoms with Gasteiger partial charge in [0.1, 0.15) is 0 Å². The quantitative estimate of drug-likeness (QED) is 0.698. The highest BCUT2D eigenvalue weighted by atomic mass is 16.5. The van der Waals surface area contributed by atoms with Crippen molar-refractivity contribution < 1.29 is 14.2 Å². The standard InChI is InChI=1S/C15H25NO3/c1-5-16-8-6-7-9-19-15-13(17-3)10-12(2)11-14(15)18-4/h10-11,16H,5-9H2,1-4H3. The number of aryl methyl sites for hydroxylation is 1. The molecule has 0 fully saturated rings. The summed E-state index contributed by atoms with van der Waals surface area (Å²) >= 11 is 0. The highest BCUT2D eigenvalue weighted by Gasteiger charge is 2.12. The van der Waals surface area contributed by atoms with Gasteiger partial charge in [0.2, 0.25) is 5.75 Å². The number of hydrogen-bond acceptors (Lipinski definition) is 4. The third kappa shape index (κ3) is 4.99. The maximum absolute atomic E-state index is 5.81. The number of unbranched alkanes of at least 4 members (excludes halogenated alkanes) is 1. The third-order valence-corrected chi connectivity index (χ3v) is 2.85. The van der Waals surface area contributed by atoms with Gasteiger partial charge in [0.05, 0.1) is 20.8 Å². The summed E-state index contributed by atoms with van der Waals surface area (Å²) in [6, 6.07) is 3.91. The number of rotatable bonds is 9. The Morgan fingerprint density at radius 3 is 2.21 bits per heavy atom. The fourth-order valence-corrected chi connectivity index (χ4v) is 1.86. The van der Waals surface area contributed by atoms with Gasteiger partial charge in [-0.25, -0.2) is 0 Å². The van der Waals surface area contributed by atoms with E-state index in [1.54, 1.807) is 14.2 Å². The van der Waals surface area contributed by atoms with Crippen LogP contribution in [0.15, 0.2) is 12.1 Å². The van der Waals surface area contributed by atoms with Crippen molar-refractivity contribution in [1.29, 1.82) is 0 Å². The predicted octanol–water partition coefficient (Wildman–Crippen LogP) is 2.78. The molecule has 108 valence electrons. The van der Waals surface area contributed by atoms with Crippen molar-refractivity contribution >= 4 is 0 Å². The summed E-state index contributed by atoms with van der Waals surface area (Å²) < 4.78 is 16.5. The van der Waals surface area contributed by atoms with Gasteiger partial charge in [0.25, 0.3) is 0 Å². The highest BCUT2D eigenvalue weighted by molar-refractivity contribution is 5.53. The molecule has 19 heavy (non-hydrogen) atoms. The molecule has 0 unspecified atom stereocenters. The minimum Gasteiger partial charge on any atom is -0.493 e. The van der Waals surface area contributed by atoms with E-state index in [0.717, 1.165) is 43.0 Å². The molecule has 0 saturated carbocycles. The molecule has 4 nitrogen and oxygen atoms in total. The minimum absolute atomic E-state index is 0.668. The van der Waals surface area contributed by atoms with Crippen molar-refractivity contribution in [2.75, 3.05) is 33.9 Å². The van der Waals surface area contributed by atoms with Gasteiger partial charge in [-0.15, -0.1) is 0 Å². The van der Waals surface area contributed by atoms with E-state index in [1.807, 2.05) is 19.1 Å². The van der Waals surface area contributed by atoms with Crippen LogP contribution in [0, 0.1) is 6.92 Å². The number of ether oxygens (including phenoxy) is 3. The van der Waals surface area contributed by atoms with Gasteiger partial charge in [-0.05, 0) is 50.6 Å². The molecule has 4 heteroatoms. The third-order valence-electron chi connectivity index (χ3n) is 2.85. The summed E-state index contributed by atoms with van der Waals surface area (Å²) in [6.45, 7) is 6.83. The first-order valence-electron chi connectivity index (χ1n) is 6.79. The average Bonchev–Trinajstić information content (AvgIpc) is 2.43. The molecule has 0 saturated heterocycles. The van der Waals surface area contributed by atoms with Crippen LogP contribution in [0.3, 0.4) is 0 Å². The van der Waals surface area contributed by atoms with Gasteiger partial charge in [-0.3, -0.25) is 0 Å². The zero-order valence-electron chi connectivity index (χ0n) is 12.4. The molecule has 0 aliphatic heterocycles. The molecule has 1 aromatic carbocycles. The van der Waals surface area contributed by atoms with Crippen molar-refractivity contribution in [3.8, 4) is 17.2 Å². The Kier molecular flexibility index (Phi) is 7.11. The molecule has 0 aliphatic rings. The summed E-state index contributed by atoms with van der Waals surface area (Å²) in [5.74, 6) is 2.14. The molecule has 1 aromatic rings. The second-order valence-electron chi connectivity index (χ2n) is 4.41. The van der Waals surface area contributed by atoms with E-state index in [0.29, 0.717) is 12.4 Å².